The van der Waals surface area contributed by atoms with Crippen LogP contribution < -0.4 is 14.8 Å². The summed E-state index contributed by atoms with van der Waals surface area (Å²) in [5, 5.41) is 3.41. The molecule has 1 atom stereocenters. The van der Waals surface area contributed by atoms with Gasteiger partial charge in [0.1, 0.15) is 18.0 Å². The molecule has 0 aliphatic carbocycles. The minimum Gasteiger partial charge on any atom is -0.493 e. The van der Waals surface area contributed by atoms with E-state index in [1.54, 1.807) is 31.2 Å². The van der Waals surface area contributed by atoms with Crippen molar-refractivity contribution in [2.75, 3.05) is 25.5 Å². The Morgan fingerprint density at radius 1 is 1.24 bits per heavy atom. The van der Waals surface area contributed by atoms with Crippen LogP contribution in [0.1, 0.15) is 12.0 Å². The monoisotopic (exact) mass is 462 g/mol. The summed E-state index contributed by atoms with van der Waals surface area (Å²) in [7, 11) is 1.41. The Kier molecular flexibility index (Phi) is 6.50. The molecule has 1 saturated heterocycles. The number of halogens is 3. The zero-order valence-corrected chi connectivity index (χ0v) is 17.8. The number of carbonyl (C=O) groups is 1. The van der Waals surface area contributed by atoms with E-state index < -0.39 is 24.6 Å². The number of hydrogen-bond acceptors (Lipinski definition) is 7. The van der Waals surface area contributed by atoms with Crippen LogP contribution in [-0.4, -0.2) is 53.9 Å². The molecule has 2 heterocycles. The van der Waals surface area contributed by atoms with Gasteiger partial charge in [-0.05, 0) is 31.0 Å². The second-order valence-corrected chi connectivity index (χ2v) is 7.43. The summed E-state index contributed by atoms with van der Waals surface area (Å²) in [5.41, 5.74) is 1.17. The maximum atomic E-state index is 14.5. The minimum atomic E-state index is -2.91. The lowest BCUT2D eigenvalue weighted by Gasteiger charge is -2.18. The summed E-state index contributed by atoms with van der Waals surface area (Å²) < 4.78 is 54.6. The summed E-state index contributed by atoms with van der Waals surface area (Å²) in [6.07, 6.45) is 0.100. The lowest BCUT2D eigenvalue weighted by molar-refractivity contribution is -0.158. The SMILES string of the molecule is COc1cc2ncnc(Nc3cccc(C)c3F)c2cc1OC(=O)N1CC[C@@H](OC(F)F)C1. The molecule has 4 rings (SSSR count). The van der Waals surface area contributed by atoms with Crippen LogP contribution in [0.5, 0.6) is 11.5 Å². The molecule has 1 amide bonds. The van der Waals surface area contributed by atoms with Gasteiger partial charge in [0.05, 0.1) is 31.0 Å². The van der Waals surface area contributed by atoms with Gasteiger partial charge >= 0.3 is 12.7 Å². The summed E-state index contributed by atoms with van der Waals surface area (Å²) in [4.78, 5) is 22.3. The number of aromatic nitrogens is 2. The van der Waals surface area contributed by atoms with Crippen LogP contribution in [0.3, 0.4) is 0 Å². The number of rotatable bonds is 6. The van der Waals surface area contributed by atoms with Gasteiger partial charge in [0.25, 0.3) is 0 Å². The Labute approximate surface area is 187 Å². The fourth-order valence-electron chi connectivity index (χ4n) is 3.58. The first-order chi connectivity index (χ1) is 15.9. The molecule has 8 nitrogen and oxygen atoms in total. The van der Waals surface area contributed by atoms with Gasteiger partial charge in [-0.25, -0.2) is 19.2 Å². The average Bonchev–Trinajstić information content (AvgIpc) is 3.24. The largest absolute Gasteiger partial charge is 0.493 e. The third kappa shape index (κ3) is 4.92. The molecule has 1 aromatic heterocycles. The predicted molar refractivity (Wildman–Crippen MR) is 114 cm³/mol. The number of fused-ring (bicyclic) bond motifs is 1. The highest BCUT2D eigenvalue weighted by Crippen LogP contribution is 2.35. The van der Waals surface area contributed by atoms with Crippen molar-refractivity contribution in [3.05, 3.63) is 48.0 Å². The van der Waals surface area contributed by atoms with E-state index in [0.29, 0.717) is 22.3 Å². The number of aryl methyl sites for hydroxylation is 1. The molecule has 1 fully saturated rings. The lowest BCUT2D eigenvalue weighted by atomic mass is 10.2. The van der Waals surface area contributed by atoms with E-state index in [2.05, 4.69) is 20.0 Å². The van der Waals surface area contributed by atoms with Crippen molar-refractivity contribution < 1.29 is 32.2 Å². The van der Waals surface area contributed by atoms with Gasteiger partial charge in [0.15, 0.2) is 11.5 Å². The summed E-state index contributed by atoms with van der Waals surface area (Å²) in [6, 6.07) is 8.00. The number of alkyl halides is 2. The summed E-state index contributed by atoms with van der Waals surface area (Å²) in [6.45, 7) is -1.05. The Morgan fingerprint density at radius 3 is 2.82 bits per heavy atom. The Bertz CT molecular complexity index is 1180. The second-order valence-electron chi connectivity index (χ2n) is 7.43. The number of nitrogens with zero attached hydrogens (tertiary/aromatic N) is 3. The number of hydrogen-bond donors (Lipinski definition) is 1. The normalized spacial score (nSPS) is 15.8. The van der Waals surface area contributed by atoms with Crippen LogP contribution in [0.4, 0.5) is 29.5 Å². The van der Waals surface area contributed by atoms with Gasteiger partial charge < -0.3 is 24.4 Å². The van der Waals surface area contributed by atoms with Crippen molar-refractivity contribution in [1.82, 2.24) is 14.9 Å². The first-order valence-electron chi connectivity index (χ1n) is 10.1. The van der Waals surface area contributed by atoms with E-state index in [-0.39, 0.29) is 36.7 Å². The van der Waals surface area contributed by atoms with Crippen LogP contribution in [0.2, 0.25) is 0 Å². The summed E-state index contributed by atoms with van der Waals surface area (Å²) >= 11 is 0. The minimum absolute atomic E-state index is 0.0123. The molecular weight excluding hydrogens is 441 g/mol. The number of benzene rings is 2. The number of nitrogens with one attached hydrogen (secondary N) is 1. The molecular formula is C22H21F3N4O4. The molecule has 0 saturated carbocycles. The van der Waals surface area contributed by atoms with E-state index in [9.17, 15) is 18.0 Å². The summed E-state index contributed by atoms with van der Waals surface area (Å²) in [5.74, 6) is 0.202. The Morgan fingerprint density at radius 2 is 2.06 bits per heavy atom. The van der Waals surface area contributed by atoms with E-state index in [4.69, 9.17) is 9.47 Å². The molecule has 3 aromatic rings. The number of anilines is 2. The van der Waals surface area contributed by atoms with Crippen LogP contribution in [0, 0.1) is 12.7 Å². The second kappa shape index (κ2) is 9.49. The molecule has 0 spiro atoms. The molecule has 1 N–H and O–H groups in total. The smallest absolute Gasteiger partial charge is 0.415 e. The number of carbonyl (C=O) groups excluding carboxylic acids is 1. The number of likely N-dealkylation sites (tertiary alicyclic amines) is 1. The van der Waals surface area contributed by atoms with E-state index in [1.165, 1.54) is 24.4 Å². The van der Waals surface area contributed by atoms with Crippen molar-refractivity contribution in [2.45, 2.75) is 26.1 Å². The van der Waals surface area contributed by atoms with Gasteiger partial charge in [-0.2, -0.15) is 8.78 Å². The van der Waals surface area contributed by atoms with Crippen molar-refractivity contribution in [3.63, 3.8) is 0 Å². The first kappa shape index (κ1) is 22.6. The van der Waals surface area contributed by atoms with E-state index in [1.807, 2.05) is 0 Å². The quantitative estimate of drug-likeness (QED) is 0.571. The van der Waals surface area contributed by atoms with E-state index in [0.717, 1.165) is 0 Å². The average molecular weight is 462 g/mol. The first-order valence-corrected chi connectivity index (χ1v) is 10.1. The molecule has 1 aliphatic heterocycles. The zero-order chi connectivity index (χ0) is 23.5. The molecule has 174 valence electrons. The van der Waals surface area contributed by atoms with Crippen LogP contribution in [0.15, 0.2) is 36.7 Å². The number of methoxy groups -OCH3 is 1. The van der Waals surface area contributed by atoms with Crippen LogP contribution in [0.25, 0.3) is 10.9 Å². The maximum Gasteiger partial charge on any atom is 0.415 e. The Balaban J connectivity index is 1.61. The van der Waals surface area contributed by atoms with Crippen molar-refractivity contribution >= 4 is 28.5 Å². The maximum absolute atomic E-state index is 14.5. The fourth-order valence-corrected chi connectivity index (χ4v) is 3.58. The predicted octanol–water partition coefficient (Wildman–Crippen LogP) is 4.64. The lowest BCUT2D eigenvalue weighted by Crippen LogP contribution is -2.33. The van der Waals surface area contributed by atoms with Gasteiger partial charge in [-0.15, -0.1) is 0 Å². The zero-order valence-electron chi connectivity index (χ0n) is 17.8. The van der Waals surface area contributed by atoms with Crippen LogP contribution >= 0.6 is 0 Å². The van der Waals surface area contributed by atoms with Crippen molar-refractivity contribution in [1.29, 1.82) is 0 Å². The van der Waals surface area contributed by atoms with Gasteiger partial charge in [-0.1, -0.05) is 12.1 Å². The molecule has 2 aromatic carbocycles. The van der Waals surface area contributed by atoms with Gasteiger partial charge in [0, 0.05) is 18.0 Å². The third-order valence-electron chi connectivity index (χ3n) is 5.26. The van der Waals surface area contributed by atoms with Crippen LogP contribution in [-0.2, 0) is 4.74 Å². The molecule has 0 bridgehead atoms. The molecule has 0 radical (unpaired) electrons. The fraction of sp³-hybridized carbons (Fsp3) is 0.318. The number of amides is 1. The highest BCUT2D eigenvalue weighted by Gasteiger charge is 2.30. The third-order valence-corrected chi connectivity index (χ3v) is 5.26. The molecule has 0 unspecified atom stereocenters. The topological polar surface area (TPSA) is 85.8 Å². The van der Waals surface area contributed by atoms with Crippen molar-refractivity contribution in [3.8, 4) is 11.5 Å². The highest BCUT2D eigenvalue weighted by atomic mass is 19.3. The molecule has 33 heavy (non-hydrogen) atoms. The molecule has 1 aliphatic rings. The number of ether oxygens (including phenoxy) is 3. The Hall–Kier alpha value is -3.60. The van der Waals surface area contributed by atoms with Gasteiger partial charge in [-0.3, -0.25) is 0 Å². The highest BCUT2D eigenvalue weighted by molar-refractivity contribution is 5.93. The van der Waals surface area contributed by atoms with E-state index >= 15 is 0 Å². The van der Waals surface area contributed by atoms with Gasteiger partial charge in [0.2, 0.25) is 0 Å². The standard InChI is InChI=1S/C22H21F3N4O4/c1-12-4-3-5-15(19(12)23)28-20-14-8-18(17(31-2)9-16(14)26-11-27-20)33-22(30)29-7-6-13(10-29)32-21(24)25/h3-5,8-9,11,13,21H,6-7,10H2,1-2H3,(H,26,27,28)/t13-/m1/s1. The van der Waals surface area contributed by atoms with Crippen molar-refractivity contribution in [2.24, 2.45) is 0 Å². The molecule has 11 heteroatoms.